The standard InChI is InChI=1S/C19H18Cl2N2O2/c1-12-3-2-4-13(9-12)11-22-17(24)19(7-8-19)18(25)23-16-10-14(20)5-6-15(16)21/h2-6,9-10H,7-8,11H2,1H3,(H,22,24)(H,23,25). The second kappa shape index (κ2) is 7.06. The first kappa shape index (κ1) is 17.8. The molecule has 25 heavy (non-hydrogen) atoms. The van der Waals surface area contributed by atoms with Crippen LogP contribution in [-0.4, -0.2) is 11.8 Å². The molecule has 0 radical (unpaired) electrons. The predicted molar refractivity (Wildman–Crippen MR) is 99.8 cm³/mol. The molecule has 6 heteroatoms. The van der Waals surface area contributed by atoms with E-state index in [4.69, 9.17) is 23.2 Å². The van der Waals surface area contributed by atoms with Gasteiger partial charge < -0.3 is 10.6 Å². The molecule has 0 spiro atoms. The number of nitrogens with one attached hydrogen (secondary N) is 2. The van der Waals surface area contributed by atoms with Crippen molar-refractivity contribution in [2.45, 2.75) is 26.3 Å². The van der Waals surface area contributed by atoms with Crippen molar-refractivity contribution >= 4 is 40.7 Å². The van der Waals surface area contributed by atoms with Crippen molar-refractivity contribution in [1.82, 2.24) is 5.32 Å². The minimum Gasteiger partial charge on any atom is -0.351 e. The molecule has 2 aromatic carbocycles. The third-order valence-corrected chi connectivity index (χ3v) is 4.90. The maximum atomic E-state index is 12.6. The van der Waals surface area contributed by atoms with Crippen molar-refractivity contribution in [2.75, 3.05) is 5.32 Å². The lowest BCUT2D eigenvalue weighted by atomic mass is 10.0. The summed E-state index contributed by atoms with van der Waals surface area (Å²) in [5.74, 6) is -0.608. The Kier molecular flexibility index (Phi) is 5.02. The first-order valence-corrected chi connectivity index (χ1v) is 8.77. The summed E-state index contributed by atoms with van der Waals surface area (Å²) in [6.45, 7) is 2.39. The van der Waals surface area contributed by atoms with Gasteiger partial charge in [0.05, 0.1) is 10.7 Å². The van der Waals surface area contributed by atoms with Gasteiger partial charge in [0, 0.05) is 11.6 Å². The number of amides is 2. The number of hydrogen-bond acceptors (Lipinski definition) is 2. The molecule has 0 heterocycles. The highest BCUT2D eigenvalue weighted by Crippen LogP contribution is 2.47. The Morgan fingerprint density at radius 2 is 1.84 bits per heavy atom. The van der Waals surface area contributed by atoms with E-state index >= 15 is 0 Å². The molecule has 2 aromatic rings. The van der Waals surface area contributed by atoms with Gasteiger partial charge in [-0.15, -0.1) is 0 Å². The van der Waals surface area contributed by atoms with Gasteiger partial charge in [-0.1, -0.05) is 53.0 Å². The van der Waals surface area contributed by atoms with Crippen molar-refractivity contribution in [1.29, 1.82) is 0 Å². The zero-order valence-electron chi connectivity index (χ0n) is 13.7. The van der Waals surface area contributed by atoms with Crippen LogP contribution in [-0.2, 0) is 16.1 Å². The number of rotatable bonds is 5. The molecule has 0 saturated heterocycles. The van der Waals surface area contributed by atoms with Gasteiger partial charge in [0.2, 0.25) is 11.8 Å². The van der Waals surface area contributed by atoms with Gasteiger partial charge in [0.1, 0.15) is 5.41 Å². The fourth-order valence-corrected chi connectivity index (χ4v) is 3.03. The Morgan fingerprint density at radius 1 is 1.08 bits per heavy atom. The van der Waals surface area contributed by atoms with Gasteiger partial charge in [0.25, 0.3) is 0 Å². The molecule has 1 saturated carbocycles. The molecule has 0 atom stereocenters. The van der Waals surface area contributed by atoms with Crippen molar-refractivity contribution in [3.8, 4) is 0 Å². The number of aryl methyl sites for hydroxylation is 1. The Labute approximate surface area is 156 Å². The van der Waals surface area contributed by atoms with Crippen LogP contribution in [0.4, 0.5) is 5.69 Å². The van der Waals surface area contributed by atoms with E-state index in [1.54, 1.807) is 18.2 Å². The largest absolute Gasteiger partial charge is 0.351 e. The third-order valence-electron chi connectivity index (χ3n) is 4.33. The highest BCUT2D eigenvalue weighted by atomic mass is 35.5. The normalized spacial score (nSPS) is 14.7. The van der Waals surface area contributed by atoms with E-state index in [2.05, 4.69) is 10.6 Å². The number of carbonyl (C=O) groups is 2. The molecule has 1 fully saturated rings. The van der Waals surface area contributed by atoms with Crippen LogP contribution in [0.2, 0.25) is 10.0 Å². The van der Waals surface area contributed by atoms with E-state index in [9.17, 15) is 9.59 Å². The lowest BCUT2D eigenvalue weighted by Crippen LogP contribution is -2.39. The summed E-state index contributed by atoms with van der Waals surface area (Å²) in [5, 5.41) is 6.44. The van der Waals surface area contributed by atoms with Crippen LogP contribution in [0.1, 0.15) is 24.0 Å². The monoisotopic (exact) mass is 376 g/mol. The molecule has 2 amide bonds. The van der Waals surface area contributed by atoms with Gasteiger partial charge in [-0.2, -0.15) is 0 Å². The van der Waals surface area contributed by atoms with Gasteiger partial charge >= 0.3 is 0 Å². The maximum Gasteiger partial charge on any atom is 0.240 e. The van der Waals surface area contributed by atoms with Crippen LogP contribution in [0.25, 0.3) is 0 Å². The molecular formula is C19H18Cl2N2O2. The molecule has 130 valence electrons. The maximum absolute atomic E-state index is 12.6. The zero-order valence-corrected chi connectivity index (χ0v) is 15.2. The SMILES string of the molecule is Cc1cccc(CNC(=O)C2(C(=O)Nc3cc(Cl)ccc3Cl)CC2)c1. The van der Waals surface area contributed by atoms with E-state index in [0.717, 1.165) is 11.1 Å². The topological polar surface area (TPSA) is 58.2 Å². The molecular weight excluding hydrogens is 359 g/mol. The second-order valence-corrected chi connectivity index (χ2v) is 7.18. The summed E-state index contributed by atoms with van der Waals surface area (Å²) in [5.41, 5.74) is 1.52. The molecule has 3 rings (SSSR count). The van der Waals surface area contributed by atoms with Crippen LogP contribution >= 0.6 is 23.2 Å². The van der Waals surface area contributed by atoms with Crippen molar-refractivity contribution < 1.29 is 9.59 Å². The Hall–Kier alpha value is -2.04. The Bertz CT molecular complexity index is 832. The summed E-state index contributed by atoms with van der Waals surface area (Å²) in [6.07, 6.45) is 1.05. The molecule has 0 unspecified atom stereocenters. The molecule has 2 N–H and O–H groups in total. The van der Waals surface area contributed by atoms with Gasteiger partial charge in [-0.05, 0) is 43.5 Å². The first-order valence-electron chi connectivity index (χ1n) is 8.01. The number of carbonyl (C=O) groups excluding carboxylic acids is 2. The number of hydrogen-bond donors (Lipinski definition) is 2. The summed E-state index contributed by atoms with van der Waals surface area (Å²) < 4.78 is 0. The van der Waals surface area contributed by atoms with Gasteiger partial charge in [-0.25, -0.2) is 0 Å². The minimum atomic E-state index is -1.02. The molecule has 1 aliphatic carbocycles. The average molecular weight is 377 g/mol. The van der Waals surface area contributed by atoms with Crippen LogP contribution in [0.15, 0.2) is 42.5 Å². The van der Waals surface area contributed by atoms with Crippen molar-refractivity contribution in [2.24, 2.45) is 5.41 Å². The third kappa shape index (κ3) is 3.97. The van der Waals surface area contributed by atoms with Crippen molar-refractivity contribution in [3.05, 3.63) is 63.6 Å². The molecule has 0 aliphatic heterocycles. The van der Waals surface area contributed by atoms with E-state index in [0.29, 0.717) is 35.1 Å². The molecule has 1 aliphatic rings. The van der Waals surface area contributed by atoms with Crippen LogP contribution in [0, 0.1) is 12.3 Å². The number of halogens is 2. The number of benzene rings is 2. The van der Waals surface area contributed by atoms with E-state index in [-0.39, 0.29) is 11.8 Å². The summed E-state index contributed by atoms with van der Waals surface area (Å²) in [6, 6.07) is 12.7. The fraction of sp³-hybridized carbons (Fsp3) is 0.263. The van der Waals surface area contributed by atoms with E-state index in [1.165, 1.54) is 0 Å². The zero-order chi connectivity index (χ0) is 18.0. The fourth-order valence-electron chi connectivity index (χ4n) is 2.69. The molecule has 0 bridgehead atoms. The molecule has 4 nitrogen and oxygen atoms in total. The summed E-state index contributed by atoms with van der Waals surface area (Å²) in [7, 11) is 0. The smallest absolute Gasteiger partial charge is 0.240 e. The Balaban J connectivity index is 1.65. The number of anilines is 1. The van der Waals surface area contributed by atoms with Crippen molar-refractivity contribution in [3.63, 3.8) is 0 Å². The summed E-state index contributed by atoms with van der Waals surface area (Å²) >= 11 is 12.0. The second-order valence-electron chi connectivity index (χ2n) is 6.33. The van der Waals surface area contributed by atoms with E-state index in [1.807, 2.05) is 31.2 Å². The first-order chi connectivity index (χ1) is 11.9. The lowest BCUT2D eigenvalue weighted by molar-refractivity contribution is -0.134. The van der Waals surface area contributed by atoms with Gasteiger partial charge in [0.15, 0.2) is 0 Å². The quantitative estimate of drug-likeness (QED) is 0.762. The van der Waals surface area contributed by atoms with Gasteiger partial charge in [-0.3, -0.25) is 9.59 Å². The predicted octanol–water partition coefficient (Wildman–Crippen LogP) is 4.34. The van der Waals surface area contributed by atoms with Crippen LogP contribution in [0.5, 0.6) is 0 Å². The average Bonchev–Trinajstić information content (AvgIpc) is 3.38. The Morgan fingerprint density at radius 3 is 2.52 bits per heavy atom. The summed E-state index contributed by atoms with van der Waals surface area (Å²) in [4.78, 5) is 25.1. The lowest BCUT2D eigenvalue weighted by Gasteiger charge is -2.16. The van der Waals surface area contributed by atoms with E-state index < -0.39 is 5.41 Å². The minimum absolute atomic E-state index is 0.260. The highest BCUT2D eigenvalue weighted by molar-refractivity contribution is 6.36. The van der Waals surface area contributed by atoms with Crippen LogP contribution < -0.4 is 10.6 Å². The molecule has 0 aromatic heterocycles. The highest BCUT2D eigenvalue weighted by Gasteiger charge is 2.56. The van der Waals surface area contributed by atoms with Crippen LogP contribution in [0.3, 0.4) is 0 Å².